The summed E-state index contributed by atoms with van der Waals surface area (Å²) in [5, 5.41) is 14.7. The summed E-state index contributed by atoms with van der Waals surface area (Å²) in [5.41, 5.74) is -0.0123. The van der Waals surface area contributed by atoms with Crippen molar-refractivity contribution >= 4 is 11.9 Å². The lowest BCUT2D eigenvalue weighted by Gasteiger charge is -2.20. The van der Waals surface area contributed by atoms with Crippen molar-refractivity contribution < 1.29 is 19.2 Å². The van der Waals surface area contributed by atoms with E-state index in [1.807, 2.05) is 0 Å². The lowest BCUT2D eigenvalue weighted by atomic mass is 10.2. The van der Waals surface area contributed by atoms with E-state index in [2.05, 4.69) is 40.8 Å². The Kier molecular flexibility index (Phi) is 6.17. The molecule has 0 atom stereocenters. The molecule has 1 heterocycles. The van der Waals surface area contributed by atoms with E-state index in [9.17, 15) is 9.59 Å². The number of carbonyl (C=O) groups excluding carboxylic acids is 1. The Bertz CT molecular complexity index is 456. The second-order valence-electron chi connectivity index (χ2n) is 4.92. The second kappa shape index (κ2) is 7.64. The predicted octanol–water partition coefficient (Wildman–Crippen LogP) is 1.22. The largest absolute Gasteiger partial charge is 0.475 e. The van der Waals surface area contributed by atoms with E-state index in [1.165, 1.54) is 0 Å². The van der Waals surface area contributed by atoms with Crippen LogP contribution in [0.2, 0.25) is 0 Å². The molecule has 20 heavy (non-hydrogen) atoms. The molecule has 0 aliphatic carbocycles. The van der Waals surface area contributed by atoms with Gasteiger partial charge in [0.25, 0.3) is 5.91 Å². The molecule has 7 nitrogen and oxygen atoms in total. The first kappa shape index (κ1) is 16.2. The van der Waals surface area contributed by atoms with Crippen LogP contribution in [0, 0.1) is 0 Å². The fourth-order valence-electron chi connectivity index (χ4n) is 1.52. The van der Waals surface area contributed by atoms with Gasteiger partial charge in [0.15, 0.2) is 5.69 Å². The normalized spacial score (nSPS) is 11.1. The average Bonchev–Trinajstić information content (AvgIpc) is 2.87. The molecule has 112 valence electrons. The van der Waals surface area contributed by atoms with Crippen LogP contribution in [0.15, 0.2) is 10.6 Å². The molecule has 1 amide bonds. The van der Waals surface area contributed by atoms with Crippen LogP contribution < -0.4 is 5.32 Å². The van der Waals surface area contributed by atoms with E-state index in [0.29, 0.717) is 12.6 Å². The van der Waals surface area contributed by atoms with E-state index < -0.39 is 11.9 Å². The van der Waals surface area contributed by atoms with Gasteiger partial charge in [-0.05, 0) is 40.3 Å². The van der Waals surface area contributed by atoms with Gasteiger partial charge in [-0.15, -0.1) is 0 Å². The van der Waals surface area contributed by atoms with Gasteiger partial charge >= 0.3 is 5.97 Å². The number of rotatable bonds is 8. The van der Waals surface area contributed by atoms with Crippen LogP contribution in [0.4, 0.5) is 0 Å². The van der Waals surface area contributed by atoms with E-state index in [0.717, 1.165) is 25.5 Å². The molecule has 0 aromatic carbocycles. The second-order valence-corrected chi connectivity index (χ2v) is 4.92. The molecule has 1 rings (SSSR count). The maximum Gasteiger partial charge on any atom is 0.374 e. The molecule has 0 fully saturated rings. The molecule has 7 heteroatoms. The Labute approximate surface area is 117 Å². The van der Waals surface area contributed by atoms with Crippen LogP contribution in [-0.4, -0.2) is 53.2 Å². The smallest absolute Gasteiger partial charge is 0.374 e. The molecule has 0 aliphatic rings. The molecule has 0 saturated heterocycles. The van der Waals surface area contributed by atoms with Crippen LogP contribution in [0.1, 0.15) is 47.7 Å². The zero-order valence-electron chi connectivity index (χ0n) is 12.0. The van der Waals surface area contributed by atoms with Crippen molar-refractivity contribution in [1.29, 1.82) is 0 Å². The average molecular weight is 283 g/mol. The van der Waals surface area contributed by atoms with E-state index in [4.69, 9.17) is 5.11 Å². The monoisotopic (exact) mass is 283 g/mol. The highest BCUT2D eigenvalue weighted by Crippen LogP contribution is 2.03. The molecule has 0 radical (unpaired) electrons. The Morgan fingerprint density at radius 1 is 1.45 bits per heavy atom. The Balaban J connectivity index is 2.24. The SMILES string of the molecule is CC(C)N(C)CCCCNC(=O)c1cc(C(=O)O)on1. The highest BCUT2D eigenvalue weighted by molar-refractivity contribution is 5.94. The number of amides is 1. The van der Waals surface area contributed by atoms with Crippen molar-refractivity contribution in [2.24, 2.45) is 0 Å². The van der Waals surface area contributed by atoms with E-state index >= 15 is 0 Å². The summed E-state index contributed by atoms with van der Waals surface area (Å²) in [4.78, 5) is 24.5. The quantitative estimate of drug-likeness (QED) is 0.696. The van der Waals surface area contributed by atoms with Crippen molar-refractivity contribution in [3.8, 4) is 0 Å². The fraction of sp³-hybridized carbons (Fsp3) is 0.615. The van der Waals surface area contributed by atoms with Crippen molar-refractivity contribution in [3.05, 3.63) is 17.5 Å². The number of aromatic nitrogens is 1. The number of nitrogens with one attached hydrogen (secondary N) is 1. The van der Waals surface area contributed by atoms with Crippen molar-refractivity contribution in [1.82, 2.24) is 15.4 Å². The number of aromatic carboxylic acids is 1. The standard InChI is InChI=1S/C13H21N3O4/c1-9(2)16(3)7-5-4-6-14-12(17)10-8-11(13(18)19)20-15-10/h8-9H,4-7H2,1-3H3,(H,14,17)(H,18,19). The van der Waals surface area contributed by atoms with Gasteiger partial charge in [0, 0.05) is 18.7 Å². The number of unbranched alkanes of at least 4 members (excludes halogenated alkanes) is 1. The maximum atomic E-state index is 11.6. The summed E-state index contributed by atoms with van der Waals surface area (Å²) < 4.78 is 4.52. The lowest BCUT2D eigenvalue weighted by molar-refractivity contribution is 0.0651. The van der Waals surface area contributed by atoms with Crippen molar-refractivity contribution in [2.45, 2.75) is 32.7 Å². The Hall–Kier alpha value is -1.89. The van der Waals surface area contributed by atoms with Crippen molar-refractivity contribution in [2.75, 3.05) is 20.1 Å². The molecule has 1 aromatic heterocycles. The third-order valence-corrected chi connectivity index (χ3v) is 3.06. The molecule has 0 aliphatic heterocycles. The van der Waals surface area contributed by atoms with Crippen LogP contribution in [0.3, 0.4) is 0 Å². The van der Waals surface area contributed by atoms with Gasteiger partial charge in [0.1, 0.15) is 0 Å². The van der Waals surface area contributed by atoms with Gasteiger partial charge in [0.05, 0.1) is 0 Å². The van der Waals surface area contributed by atoms with Crippen LogP contribution in [0.25, 0.3) is 0 Å². The minimum atomic E-state index is -1.24. The first-order chi connectivity index (χ1) is 9.41. The third-order valence-electron chi connectivity index (χ3n) is 3.06. The topological polar surface area (TPSA) is 95.7 Å². The number of carboxylic acid groups (broad SMARTS) is 1. The number of carboxylic acids is 1. The van der Waals surface area contributed by atoms with Gasteiger partial charge in [-0.1, -0.05) is 5.16 Å². The summed E-state index contributed by atoms with van der Waals surface area (Å²) in [6.07, 6.45) is 1.83. The highest BCUT2D eigenvalue weighted by atomic mass is 16.5. The molecular weight excluding hydrogens is 262 g/mol. The predicted molar refractivity (Wildman–Crippen MR) is 72.8 cm³/mol. The molecular formula is C13H21N3O4. The lowest BCUT2D eigenvalue weighted by Crippen LogP contribution is -2.29. The zero-order chi connectivity index (χ0) is 15.1. The number of carbonyl (C=O) groups is 2. The van der Waals surface area contributed by atoms with E-state index in [-0.39, 0.29) is 11.5 Å². The first-order valence-corrected chi connectivity index (χ1v) is 6.60. The maximum absolute atomic E-state index is 11.6. The van der Waals surface area contributed by atoms with Gasteiger partial charge in [-0.3, -0.25) is 4.79 Å². The molecule has 0 bridgehead atoms. The molecule has 2 N–H and O–H groups in total. The highest BCUT2D eigenvalue weighted by Gasteiger charge is 2.15. The molecule has 0 saturated carbocycles. The minimum Gasteiger partial charge on any atom is -0.475 e. The number of hydrogen-bond donors (Lipinski definition) is 2. The minimum absolute atomic E-state index is 0.0123. The summed E-state index contributed by atoms with van der Waals surface area (Å²) in [6, 6.07) is 1.62. The van der Waals surface area contributed by atoms with Crippen LogP contribution in [-0.2, 0) is 0 Å². The van der Waals surface area contributed by atoms with Gasteiger partial charge in [0.2, 0.25) is 5.76 Å². The summed E-state index contributed by atoms with van der Waals surface area (Å²) >= 11 is 0. The van der Waals surface area contributed by atoms with Crippen molar-refractivity contribution in [3.63, 3.8) is 0 Å². The van der Waals surface area contributed by atoms with Gasteiger partial charge in [-0.25, -0.2) is 4.79 Å². The van der Waals surface area contributed by atoms with E-state index in [1.54, 1.807) is 0 Å². The van der Waals surface area contributed by atoms with Gasteiger partial charge < -0.3 is 19.8 Å². The Morgan fingerprint density at radius 2 is 2.15 bits per heavy atom. The number of nitrogens with zero attached hydrogens (tertiary/aromatic N) is 2. The fourth-order valence-corrected chi connectivity index (χ4v) is 1.52. The third kappa shape index (κ3) is 5.00. The van der Waals surface area contributed by atoms with Crippen LogP contribution in [0.5, 0.6) is 0 Å². The summed E-state index contributed by atoms with van der Waals surface area (Å²) in [6.45, 7) is 5.76. The summed E-state index contributed by atoms with van der Waals surface area (Å²) in [5.74, 6) is -2.00. The van der Waals surface area contributed by atoms with Gasteiger partial charge in [-0.2, -0.15) is 0 Å². The molecule has 1 aromatic rings. The summed E-state index contributed by atoms with van der Waals surface area (Å²) in [7, 11) is 2.06. The number of hydrogen-bond acceptors (Lipinski definition) is 5. The Morgan fingerprint density at radius 3 is 2.70 bits per heavy atom. The van der Waals surface area contributed by atoms with Crippen LogP contribution >= 0.6 is 0 Å². The zero-order valence-corrected chi connectivity index (χ0v) is 12.0. The first-order valence-electron chi connectivity index (χ1n) is 6.60. The molecule has 0 spiro atoms. The molecule has 0 unspecified atom stereocenters.